The molecule has 0 unspecified atom stereocenters. The van der Waals surface area contributed by atoms with E-state index in [1.54, 1.807) is 13.2 Å². The SMILES string of the molecule is CCN1CCC(Oc2cc3c(Nc4ccc(F)c(Cl)c4)ncnc3cc2OC)CC1. The summed E-state index contributed by atoms with van der Waals surface area (Å²) in [5.41, 5.74) is 1.34. The Labute approximate surface area is 180 Å². The van der Waals surface area contributed by atoms with E-state index in [4.69, 9.17) is 21.1 Å². The van der Waals surface area contributed by atoms with Gasteiger partial charge in [-0.1, -0.05) is 18.5 Å². The van der Waals surface area contributed by atoms with Crippen molar-refractivity contribution in [2.45, 2.75) is 25.9 Å². The summed E-state index contributed by atoms with van der Waals surface area (Å²) in [7, 11) is 1.62. The van der Waals surface area contributed by atoms with Crippen LogP contribution in [0.2, 0.25) is 5.02 Å². The lowest BCUT2D eigenvalue weighted by Gasteiger charge is -2.31. The maximum Gasteiger partial charge on any atom is 0.162 e. The van der Waals surface area contributed by atoms with Crippen molar-refractivity contribution in [2.24, 2.45) is 0 Å². The molecule has 0 saturated carbocycles. The Hall–Kier alpha value is -2.64. The zero-order valence-corrected chi connectivity index (χ0v) is 17.7. The van der Waals surface area contributed by atoms with Gasteiger partial charge in [-0.15, -0.1) is 0 Å². The number of hydrogen-bond acceptors (Lipinski definition) is 6. The molecule has 6 nitrogen and oxygen atoms in total. The summed E-state index contributed by atoms with van der Waals surface area (Å²) >= 11 is 5.90. The topological polar surface area (TPSA) is 59.5 Å². The first-order chi connectivity index (χ1) is 14.6. The van der Waals surface area contributed by atoms with Crippen molar-refractivity contribution in [1.82, 2.24) is 14.9 Å². The van der Waals surface area contributed by atoms with Crippen molar-refractivity contribution in [3.05, 3.63) is 47.5 Å². The highest BCUT2D eigenvalue weighted by Crippen LogP contribution is 2.36. The van der Waals surface area contributed by atoms with Crippen molar-refractivity contribution in [3.8, 4) is 11.5 Å². The summed E-state index contributed by atoms with van der Waals surface area (Å²) in [5.74, 6) is 1.41. The third-order valence-electron chi connectivity index (χ3n) is 5.38. The Balaban J connectivity index is 1.64. The number of likely N-dealkylation sites (tertiary alicyclic amines) is 1. The molecule has 0 aliphatic carbocycles. The van der Waals surface area contributed by atoms with E-state index in [0.717, 1.165) is 37.9 Å². The molecule has 1 aliphatic rings. The minimum absolute atomic E-state index is 0.0440. The van der Waals surface area contributed by atoms with Gasteiger partial charge in [-0.2, -0.15) is 0 Å². The Kier molecular flexibility index (Phi) is 6.20. The number of anilines is 2. The number of rotatable bonds is 6. The Morgan fingerprint density at radius 2 is 1.97 bits per heavy atom. The summed E-state index contributed by atoms with van der Waals surface area (Å²) in [6.45, 7) is 5.29. The predicted molar refractivity (Wildman–Crippen MR) is 117 cm³/mol. The first kappa shape index (κ1) is 20.6. The standard InChI is InChI=1S/C22H24ClFN4O2/c1-3-28-8-6-15(7-9-28)30-21-11-16-19(12-20(21)29-2)25-13-26-22(16)27-14-4-5-18(24)17(23)10-14/h4-5,10-13,15H,3,6-9H2,1-2H3,(H,25,26,27). The largest absolute Gasteiger partial charge is 0.493 e. The van der Waals surface area contributed by atoms with Crippen molar-refractivity contribution in [1.29, 1.82) is 0 Å². The summed E-state index contributed by atoms with van der Waals surface area (Å²) in [6, 6.07) is 8.18. The van der Waals surface area contributed by atoms with Gasteiger partial charge in [-0.25, -0.2) is 14.4 Å². The molecule has 158 valence electrons. The Morgan fingerprint density at radius 1 is 1.17 bits per heavy atom. The van der Waals surface area contributed by atoms with Crippen molar-refractivity contribution < 1.29 is 13.9 Å². The molecule has 1 N–H and O–H groups in total. The van der Waals surface area contributed by atoms with Crippen molar-refractivity contribution in [3.63, 3.8) is 0 Å². The first-order valence-electron chi connectivity index (χ1n) is 10.0. The van der Waals surface area contributed by atoms with E-state index in [1.807, 2.05) is 12.1 Å². The van der Waals surface area contributed by atoms with Crippen LogP contribution in [0.25, 0.3) is 10.9 Å². The monoisotopic (exact) mass is 430 g/mol. The lowest BCUT2D eigenvalue weighted by atomic mass is 10.1. The van der Waals surface area contributed by atoms with Gasteiger partial charge in [0.05, 0.1) is 17.6 Å². The average Bonchev–Trinajstić information content (AvgIpc) is 2.77. The summed E-state index contributed by atoms with van der Waals surface area (Å²) < 4.78 is 25.3. The molecule has 2 aromatic carbocycles. The zero-order valence-electron chi connectivity index (χ0n) is 17.0. The zero-order chi connectivity index (χ0) is 21.1. The Bertz CT molecular complexity index is 1040. The number of nitrogens with zero attached hydrogens (tertiary/aromatic N) is 3. The molecule has 0 radical (unpaired) electrons. The van der Waals surface area contributed by atoms with E-state index in [2.05, 4.69) is 27.1 Å². The van der Waals surface area contributed by atoms with Crippen LogP contribution in [0.1, 0.15) is 19.8 Å². The molecule has 4 rings (SSSR count). The highest BCUT2D eigenvalue weighted by molar-refractivity contribution is 6.31. The highest BCUT2D eigenvalue weighted by atomic mass is 35.5. The van der Waals surface area contributed by atoms with E-state index in [0.29, 0.717) is 28.5 Å². The van der Waals surface area contributed by atoms with Crippen molar-refractivity contribution >= 4 is 34.0 Å². The second-order valence-electron chi connectivity index (χ2n) is 7.25. The molecule has 3 aromatic rings. The molecule has 1 aliphatic heterocycles. The third-order valence-corrected chi connectivity index (χ3v) is 5.67. The minimum atomic E-state index is -0.468. The lowest BCUT2D eigenvalue weighted by molar-refractivity contribution is 0.101. The van der Waals surface area contributed by atoms with Gasteiger partial charge in [-0.05, 0) is 43.7 Å². The van der Waals surface area contributed by atoms with Gasteiger partial charge in [0, 0.05) is 30.2 Å². The molecular weight excluding hydrogens is 407 g/mol. The van der Waals surface area contributed by atoms with E-state index in [-0.39, 0.29) is 11.1 Å². The molecule has 0 amide bonds. The molecule has 1 aromatic heterocycles. The first-order valence-corrected chi connectivity index (χ1v) is 10.4. The van der Waals surface area contributed by atoms with Gasteiger partial charge in [0.1, 0.15) is 24.1 Å². The summed E-state index contributed by atoms with van der Waals surface area (Å²) in [5, 5.41) is 4.01. The molecule has 1 saturated heterocycles. The van der Waals surface area contributed by atoms with Crippen LogP contribution in [-0.4, -0.2) is 47.7 Å². The fraction of sp³-hybridized carbons (Fsp3) is 0.364. The predicted octanol–water partition coefficient (Wildman–Crippen LogP) is 5.04. The Morgan fingerprint density at radius 3 is 2.67 bits per heavy atom. The minimum Gasteiger partial charge on any atom is -0.493 e. The smallest absolute Gasteiger partial charge is 0.162 e. The fourth-order valence-corrected chi connectivity index (χ4v) is 3.83. The quantitative estimate of drug-likeness (QED) is 0.591. The maximum atomic E-state index is 13.5. The normalized spacial score (nSPS) is 15.3. The molecule has 2 heterocycles. The summed E-state index contributed by atoms with van der Waals surface area (Å²) in [6.07, 6.45) is 3.55. The van der Waals surface area contributed by atoms with Gasteiger partial charge in [0.2, 0.25) is 0 Å². The molecule has 0 atom stereocenters. The number of ether oxygens (including phenoxy) is 2. The van der Waals surface area contributed by atoms with Gasteiger partial charge in [0.15, 0.2) is 11.5 Å². The van der Waals surface area contributed by atoms with Crippen molar-refractivity contribution in [2.75, 3.05) is 32.1 Å². The number of aromatic nitrogens is 2. The molecular formula is C22H24ClFN4O2. The number of piperidine rings is 1. The average molecular weight is 431 g/mol. The number of halogens is 2. The van der Waals surface area contributed by atoms with Crippen LogP contribution in [0.15, 0.2) is 36.7 Å². The molecule has 30 heavy (non-hydrogen) atoms. The van der Waals surface area contributed by atoms with Crippen LogP contribution in [0.4, 0.5) is 15.9 Å². The number of methoxy groups -OCH3 is 1. The van der Waals surface area contributed by atoms with Crippen LogP contribution < -0.4 is 14.8 Å². The van der Waals surface area contributed by atoms with Crippen LogP contribution in [0, 0.1) is 5.82 Å². The van der Waals surface area contributed by atoms with E-state index in [1.165, 1.54) is 18.5 Å². The number of fused-ring (bicyclic) bond motifs is 1. The second kappa shape index (κ2) is 9.02. The van der Waals surface area contributed by atoms with E-state index in [9.17, 15) is 4.39 Å². The third kappa shape index (κ3) is 4.42. The van der Waals surface area contributed by atoms with Gasteiger partial charge in [-0.3, -0.25) is 0 Å². The number of benzene rings is 2. The van der Waals surface area contributed by atoms with Crippen LogP contribution in [0.5, 0.6) is 11.5 Å². The van der Waals surface area contributed by atoms with Gasteiger partial charge >= 0.3 is 0 Å². The van der Waals surface area contributed by atoms with Crippen LogP contribution in [0.3, 0.4) is 0 Å². The van der Waals surface area contributed by atoms with E-state index < -0.39 is 5.82 Å². The van der Waals surface area contributed by atoms with Gasteiger partial charge < -0.3 is 19.7 Å². The highest BCUT2D eigenvalue weighted by Gasteiger charge is 2.21. The number of hydrogen-bond donors (Lipinski definition) is 1. The molecule has 1 fully saturated rings. The number of nitrogens with one attached hydrogen (secondary N) is 1. The second-order valence-corrected chi connectivity index (χ2v) is 7.66. The van der Waals surface area contributed by atoms with Crippen LogP contribution >= 0.6 is 11.6 Å². The fourth-order valence-electron chi connectivity index (χ4n) is 3.65. The lowest BCUT2D eigenvalue weighted by Crippen LogP contribution is -2.38. The maximum absolute atomic E-state index is 13.5. The summed E-state index contributed by atoms with van der Waals surface area (Å²) in [4.78, 5) is 11.1. The molecule has 0 bridgehead atoms. The van der Waals surface area contributed by atoms with Gasteiger partial charge in [0.25, 0.3) is 0 Å². The van der Waals surface area contributed by atoms with E-state index >= 15 is 0 Å². The van der Waals surface area contributed by atoms with Crippen LogP contribution in [-0.2, 0) is 0 Å². The molecule has 8 heteroatoms. The molecule has 0 spiro atoms.